The molecule has 0 amide bonds. The summed E-state index contributed by atoms with van der Waals surface area (Å²) < 4.78 is 39.9. The van der Waals surface area contributed by atoms with Crippen LogP contribution in [0.5, 0.6) is 0 Å². The summed E-state index contributed by atoms with van der Waals surface area (Å²) in [5.74, 6) is -0.915. The van der Waals surface area contributed by atoms with Gasteiger partial charge < -0.3 is 5.32 Å². The van der Waals surface area contributed by atoms with Crippen molar-refractivity contribution in [3.63, 3.8) is 0 Å². The minimum Gasteiger partial charge on any atom is -0.307 e. The predicted octanol–water partition coefficient (Wildman–Crippen LogP) is 2.84. The van der Waals surface area contributed by atoms with Gasteiger partial charge in [-0.25, -0.2) is 13.2 Å². The molecule has 0 fully saturated rings. The topological polar surface area (TPSA) is 29.9 Å². The Balaban J connectivity index is 0.00000200. The first-order chi connectivity index (χ1) is 9.19. The van der Waals surface area contributed by atoms with Crippen LogP contribution < -0.4 is 5.32 Å². The Kier molecular flexibility index (Phi) is 6.54. The quantitative estimate of drug-likeness (QED) is 0.889. The number of nitrogens with zero attached hydrogens (tertiary/aromatic N) is 2. The van der Waals surface area contributed by atoms with Gasteiger partial charge in [0.1, 0.15) is 18.3 Å². The van der Waals surface area contributed by atoms with E-state index in [0.717, 1.165) is 23.9 Å². The van der Waals surface area contributed by atoms with E-state index >= 15 is 0 Å². The van der Waals surface area contributed by atoms with Gasteiger partial charge in [0.05, 0.1) is 12.2 Å². The van der Waals surface area contributed by atoms with Gasteiger partial charge in [-0.2, -0.15) is 5.10 Å². The lowest BCUT2D eigenvalue weighted by Gasteiger charge is -2.04. The molecule has 2 rings (SSSR count). The van der Waals surface area contributed by atoms with E-state index in [1.807, 2.05) is 0 Å². The summed E-state index contributed by atoms with van der Waals surface area (Å²) in [6, 6.07) is 5.09. The van der Waals surface area contributed by atoms with Crippen LogP contribution in [0.2, 0.25) is 0 Å². The Morgan fingerprint density at radius 2 is 1.95 bits per heavy atom. The van der Waals surface area contributed by atoms with Crippen molar-refractivity contribution < 1.29 is 13.2 Å². The van der Waals surface area contributed by atoms with Crippen LogP contribution in [-0.2, 0) is 19.6 Å². The third kappa shape index (κ3) is 4.54. The molecule has 0 unspecified atom stereocenters. The highest BCUT2D eigenvalue weighted by molar-refractivity contribution is 5.85. The third-order valence-electron chi connectivity index (χ3n) is 2.64. The van der Waals surface area contributed by atoms with E-state index in [4.69, 9.17) is 0 Å². The highest BCUT2D eigenvalue weighted by Crippen LogP contribution is 2.09. The van der Waals surface area contributed by atoms with E-state index in [1.54, 1.807) is 12.3 Å². The molecule has 0 aliphatic heterocycles. The van der Waals surface area contributed by atoms with Crippen molar-refractivity contribution in [3.05, 3.63) is 53.4 Å². The molecule has 2 aromatic rings. The van der Waals surface area contributed by atoms with Crippen LogP contribution in [0.3, 0.4) is 0 Å². The molecule has 1 aromatic carbocycles. The SMILES string of the molecule is Cl.FCCn1ccc(CNCc2cc(F)ccc2F)n1. The standard InChI is InChI=1S/C13H14F3N3.ClH/c14-4-6-19-5-3-12(18-19)9-17-8-10-7-11(15)1-2-13(10)16;/h1-3,5,7,17H,4,6,8-9H2;1H. The number of halogens is 4. The van der Waals surface area contributed by atoms with Gasteiger partial charge in [-0.05, 0) is 24.3 Å². The van der Waals surface area contributed by atoms with Crippen molar-refractivity contribution in [2.75, 3.05) is 6.67 Å². The summed E-state index contributed by atoms with van der Waals surface area (Å²) in [6.45, 7) is 0.371. The fourth-order valence-electron chi connectivity index (χ4n) is 1.71. The smallest absolute Gasteiger partial charge is 0.127 e. The predicted molar refractivity (Wildman–Crippen MR) is 72.4 cm³/mol. The minimum absolute atomic E-state index is 0. The first-order valence-corrected chi connectivity index (χ1v) is 5.92. The molecule has 0 aliphatic rings. The summed E-state index contributed by atoms with van der Waals surface area (Å²) in [7, 11) is 0. The highest BCUT2D eigenvalue weighted by Gasteiger charge is 2.04. The van der Waals surface area contributed by atoms with E-state index in [9.17, 15) is 13.2 Å². The van der Waals surface area contributed by atoms with Gasteiger partial charge in [-0.1, -0.05) is 0 Å². The number of nitrogens with one attached hydrogen (secondary N) is 1. The third-order valence-corrected chi connectivity index (χ3v) is 2.64. The van der Waals surface area contributed by atoms with Gasteiger partial charge in [-0.15, -0.1) is 12.4 Å². The van der Waals surface area contributed by atoms with Gasteiger partial charge in [-0.3, -0.25) is 4.68 Å². The van der Waals surface area contributed by atoms with Crippen molar-refractivity contribution in [1.82, 2.24) is 15.1 Å². The number of benzene rings is 1. The molecular formula is C13H15ClF3N3. The van der Waals surface area contributed by atoms with Gasteiger partial charge in [0.2, 0.25) is 0 Å². The first kappa shape index (κ1) is 16.5. The zero-order valence-electron chi connectivity index (χ0n) is 10.7. The lowest BCUT2D eigenvalue weighted by atomic mass is 10.2. The summed E-state index contributed by atoms with van der Waals surface area (Å²) >= 11 is 0. The second kappa shape index (κ2) is 7.91. The van der Waals surface area contributed by atoms with Crippen molar-refractivity contribution in [2.24, 2.45) is 0 Å². The van der Waals surface area contributed by atoms with E-state index in [0.29, 0.717) is 6.54 Å². The molecule has 20 heavy (non-hydrogen) atoms. The number of rotatable bonds is 6. The normalized spacial score (nSPS) is 10.3. The summed E-state index contributed by atoms with van der Waals surface area (Å²) in [4.78, 5) is 0. The zero-order valence-corrected chi connectivity index (χ0v) is 11.5. The lowest BCUT2D eigenvalue weighted by molar-refractivity contribution is 0.425. The van der Waals surface area contributed by atoms with Crippen LogP contribution in [0.1, 0.15) is 11.3 Å². The average molecular weight is 306 g/mol. The van der Waals surface area contributed by atoms with Crippen LogP contribution in [0.15, 0.2) is 30.5 Å². The maximum atomic E-state index is 13.3. The minimum atomic E-state index is -0.469. The van der Waals surface area contributed by atoms with E-state index in [-0.39, 0.29) is 31.1 Å². The number of hydrogen-bond acceptors (Lipinski definition) is 2. The number of hydrogen-bond donors (Lipinski definition) is 1. The molecule has 3 nitrogen and oxygen atoms in total. The molecule has 110 valence electrons. The molecule has 1 N–H and O–H groups in total. The molecular weight excluding hydrogens is 291 g/mol. The zero-order chi connectivity index (χ0) is 13.7. The molecule has 0 saturated heterocycles. The number of aromatic nitrogens is 2. The van der Waals surface area contributed by atoms with Crippen molar-refractivity contribution >= 4 is 12.4 Å². The molecule has 0 aliphatic carbocycles. The average Bonchev–Trinajstić information content (AvgIpc) is 2.82. The van der Waals surface area contributed by atoms with Gasteiger partial charge in [0.15, 0.2) is 0 Å². The fourth-order valence-corrected chi connectivity index (χ4v) is 1.71. The van der Waals surface area contributed by atoms with Crippen LogP contribution in [0.25, 0.3) is 0 Å². The Bertz CT molecular complexity index is 545. The monoisotopic (exact) mass is 305 g/mol. The molecule has 7 heteroatoms. The van der Waals surface area contributed by atoms with Crippen LogP contribution in [0, 0.1) is 11.6 Å². The van der Waals surface area contributed by atoms with Gasteiger partial charge >= 0.3 is 0 Å². The van der Waals surface area contributed by atoms with Gasteiger partial charge in [0.25, 0.3) is 0 Å². The van der Waals surface area contributed by atoms with E-state index < -0.39 is 18.3 Å². The Labute approximate surface area is 121 Å². The van der Waals surface area contributed by atoms with Crippen molar-refractivity contribution in [3.8, 4) is 0 Å². The second-order valence-electron chi connectivity index (χ2n) is 4.10. The number of alkyl halides is 1. The lowest BCUT2D eigenvalue weighted by Crippen LogP contribution is -2.14. The molecule has 0 bridgehead atoms. The molecule has 1 heterocycles. The van der Waals surface area contributed by atoms with Crippen LogP contribution in [0.4, 0.5) is 13.2 Å². The van der Waals surface area contributed by atoms with E-state index in [2.05, 4.69) is 10.4 Å². The second-order valence-corrected chi connectivity index (χ2v) is 4.10. The molecule has 0 saturated carbocycles. The van der Waals surface area contributed by atoms with Crippen molar-refractivity contribution in [1.29, 1.82) is 0 Å². The van der Waals surface area contributed by atoms with Crippen LogP contribution >= 0.6 is 12.4 Å². The highest BCUT2D eigenvalue weighted by atomic mass is 35.5. The fraction of sp³-hybridized carbons (Fsp3) is 0.308. The molecule has 0 radical (unpaired) electrons. The van der Waals surface area contributed by atoms with Crippen LogP contribution in [-0.4, -0.2) is 16.5 Å². The molecule has 1 aromatic heterocycles. The Hall–Kier alpha value is -1.53. The van der Waals surface area contributed by atoms with Crippen molar-refractivity contribution in [2.45, 2.75) is 19.6 Å². The Morgan fingerprint density at radius 3 is 2.70 bits per heavy atom. The maximum absolute atomic E-state index is 13.3. The molecule has 0 atom stereocenters. The summed E-state index contributed by atoms with van der Waals surface area (Å²) in [5, 5.41) is 7.08. The summed E-state index contributed by atoms with van der Waals surface area (Å²) in [6.07, 6.45) is 1.68. The van der Waals surface area contributed by atoms with E-state index in [1.165, 1.54) is 4.68 Å². The first-order valence-electron chi connectivity index (χ1n) is 5.92. The molecule has 0 spiro atoms. The Morgan fingerprint density at radius 1 is 1.15 bits per heavy atom. The maximum Gasteiger partial charge on any atom is 0.127 e. The summed E-state index contributed by atoms with van der Waals surface area (Å²) in [5.41, 5.74) is 0.994. The largest absolute Gasteiger partial charge is 0.307 e. The number of aryl methyl sites for hydroxylation is 1. The van der Waals surface area contributed by atoms with Gasteiger partial charge in [0, 0.05) is 24.8 Å².